The van der Waals surface area contributed by atoms with Gasteiger partial charge in [-0.3, -0.25) is 4.68 Å². The van der Waals surface area contributed by atoms with E-state index in [-0.39, 0.29) is 0 Å². The Bertz CT molecular complexity index is 627. The molecule has 1 heterocycles. The van der Waals surface area contributed by atoms with E-state index in [1.165, 1.54) is 0 Å². The van der Waals surface area contributed by atoms with Crippen LogP contribution in [0, 0.1) is 0 Å². The summed E-state index contributed by atoms with van der Waals surface area (Å²) >= 11 is 9.63. The highest BCUT2D eigenvalue weighted by atomic mass is 79.9. The second-order valence-corrected chi connectivity index (χ2v) is 6.30. The molecule has 0 radical (unpaired) electrons. The molecule has 1 aromatic heterocycles. The minimum atomic E-state index is 0.542. The lowest BCUT2D eigenvalue weighted by Gasteiger charge is -2.11. The summed E-state index contributed by atoms with van der Waals surface area (Å²) in [6, 6.07) is 7.77. The molecule has 0 fully saturated rings. The third kappa shape index (κ3) is 6.23. The first-order valence-electron chi connectivity index (χ1n) is 7.62. The van der Waals surface area contributed by atoms with Crippen LogP contribution in [0.25, 0.3) is 0 Å². The predicted molar refractivity (Wildman–Crippen MR) is 98.8 cm³/mol. The van der Waals surface area contributed by atoms with Gasteiger partial charge in [-0.2, -0.15) is 5.10 Å². The summed E-state index contributed by atoms with van der Waals surface area (Å²) in [6.45, 7) is 5.13. The molecule has 0 aliphatic heterocycles. The van der Waals surface area contributed by atoms with Gasteiger partial charge in [-0.25, -0.2) is 4.99 Å². The second kappa shape index (κ2) is 9.57. The van der Waals surface area contributed by atoms with Crippen LogP contribution >= 0.6 is 27.5 Å². The van der Waals surface area contributed by atoms with Crippen molar-refractivity contribution >= 4 is 33.5 Å². The Balaban J connectivity index is 1.84. The zero-order chi connectivity index (χ0) is 16.5. The fourth-order valence-corrected chi connectivity index (χ4v) is 2.77. The van der Waals surface area contributed by atoms with E-state index >= 15 is 0 Å². The normalized spacial score (nSPS) is 11.5. The maximum Gasteiger partial charge on any atom is 0.191 e. The van der Waals surface area contributed by atoms with Crippen molar-refractivity contribution in [3.05, 3.63) is 51.7 Å². The van der Waals surface area contributed by atoms with Crippen LogP contribution in [0.1, 0.15) is 18.9 Å². The van der Waals surface area contributed by atoms with Crippen LogP contribution in [0.3, 0.4) is 0 Å². The molecule has 0 saturated heterocycles. The molecule has 0 atom stereocenters. The molecule has 2 aromatic rings. The summed E-state index contributed by atoms with van der Waals surface area (Å²) in [5, 5.41) is 11.5. The number of benzene rings is 1. The summed E-state index contributed by atoms with van der Waals surface area (Å²) in [7, 11) is 0. The molecule has 5 nitrogen and oxygen atoms in total. The van der Waals surface area contributed by atoms with Crippen molar-refractivity contribution < 1.29 is 0 Å². The average Bonchev–Trinajstić information content (AvgIpc) is 3.03. The molecule has 0 bridgehead atoms. The van der Waals surface area contributed by atoms with Gasteiger partial charge < -0.3 is 10.6 Å². The first-order chi connectivity index (χ1) is 11.2. The monoisotopic (exact) mass is 397 g/mol. The Morgan fingerprint density at radius 2 is 2.26 bits per heavy atom. The summed E-state index contributed by atoms with van der Waals surface area (Å²) < 4.78 is 2.90. The van der Waals surface area contributed by atoms with Crippen LogP contribution in [-0.4, -0.2) is 28.8 Å². The topological polar surface area (TPSA) is 54.2 Å². The van der Waals surface area contributed by atoms with Crippen molar-refractivity contribution in [2.24, 2.45) is 4.99 Å². The Kier molecular flexibility index (Phi) is 7.42. The first kappa shape index (κ1) is 17.8. The molecule has 0 saturated carbocycles. The summed E-state index contributed by atoms with van der Waals surface area (Å²) in [5.74, 6) is 0.798. The lowest BCUT2D eigenvalue weighted by molar-refractivity contribution is 0.570. The van der Waals surface area contributed by atoms with E-state index < -0.39 is 0 Å². The number of guanidine groups is 1. The Hall–Kier alpha value is -1.53. The van der Waals surface area contributed by atoms with Gasteiger partial charge >= 0.3 is 0 Å². The van der Waals surface area contributed by atoms with Crippen LogP contribution in [0.15, 0.2) is 46.1 Å². The van der Waals surface area contributed by atoms with Crippen LogP contribution < -0.4 is 10.6 Å². The zero-order valence-electron chi connectivity index (χ0n) is 13.1. The number of nitrogens with zero attached hydrogens (tertiary/aromatic N) is 3. The first-order valence-corrected chi connectivity index (χ1v) is 8.79. The Morgan fingerprint density at radius 1 is 1.39 bits per heavy atom. The maximum atomic E-state index is 6.22. The Morgan fingerprint density at radius 3 is 2.96 bits per heavy atom. The van der Waals surface area contributed by atoms with E-state index in [0.717, 1.165) is 47.1 Å². The zero-order valence-corrected chi connectivity index (χ0v) is 15.4. The number of halogens is 2. The van der Waals surface area contributed by atoms with Gasteiger partial charge in [0.25, 0.3) is 0 Å². The van der Waals surface area contributed by atoms with Crippen molar-refractivity contribution in [1.29, 1.82) is 0 Å². The molecule has 0 unspecified atom stereocenters. The van der Waals surface area contributed by atoms with Gasteiger partial charge in [-0.15, -0.1) is 0 Å². The third-order valence-corrected chi connectivity index (χ3v) is 4.03. The average molecular weight is 399 g/mol. The number of hydrogen-bond acceptors (Lipinski definition) is 2. The predicted octanol–water partition coefficient (Wildman–Crippen LogP) is 3.44. The van der Waals surface area contributed by atoms with Crippen LogP contribution in [0.2, 0.25) is 5.02 Å². The maximum absolute atomic E-state index is 6.22. The molecule has 23 heavy (non-hydrogen) atoms. The van der Waals surface area contributed by atoms with E-state index in [1.54, 1.807) is 6.20 Å². The van der Waals surface area contributed by atoms with Gasteiger partial charge in [0.15, 0.2) is 5.96 Å². The second-order valence-electron chi connectivity index (χ2n) is 4.98. The molecule has 2 N–H and O–H groups in total. The highest BCUT2D eigenvalue weighted by Crippen LogP contribution is 2.21. The number of aromatic nitrogens is 2. The SMILES string of the molecule is CCNC(=NCc1ccc(Br)cc1Cl)NCCCn1cccn1. The number of aliphatic imine (C=N–C) groups is 1. The van der Waals surface area contributed by atoms with Gasteiger partial charge in [0.05, 0.1) is 6.54 Å². The molecule has 124 valence electrons. The number of rotatable bonds is 7. The van der Waals surface area contributed by atoms with Gasteiger partial charge in [0.2, 0.25) is 0 Å². The van der Waals surface area contributed by atoms with Crippen molar-refractivity contribution in [2.75, 3.05) is 13.1 Å². The van der Waals surface area contributed by atoms with E-state index in [0.29, 0.717) is 6.54 Å². The van der Waals surface area contributed by atoms with Crippen molar-refractivity contribution in [2.45, 2.75) is 26.4 Å². The van der Waals surface area contributed by atoms with Crippen molar-refractivity contribution in [3.63, 3.8) is 0 Å². The van der Waals surface area contributed by atoms with E-state index in [2.05, 4.69) is 36.7 Å². The molecule has 0 spiro atoms. The van der Waals surface area contributed by atoms with Crippen LogP contribution in [0.4, 0.5) is 0 Å². The molecule has 2 rings (SSSR count). The standard InChI is InChI=1S/C16H21BrClN5/c1-2-19-16(20-7-3-9-23-10-4-8-22-23)21-12-13-5-6-14(17)11-15(13)18/h4-6,8,10-11H,2-3,7,9,12H2,1H3,(H2,19,20,21). The van der Waals surface area contributed by atoms with Crippen LogP contribution in [-0.2, 0) is 13.1 Å². The lowest BCUT2D eigenvalue weighted by Crippen LogP contribution is -2.38. The third-order valence-electron chi connectivity index (χ3n) is 3.18. The van der Waals surface area contributed by atoms with Gasteiger partial charge in [-0.05, 0) is 37.1 Å². The molecule has 1 aromatic carbocycles. The van der Waals surface area contributed by atoms with Gasteiger partial charge in [0.1, 0.15) is 0 Å². The van der Waals surface area contributed by atoms with E-state index in [1.807, 2.05) is 42.1 Å². The fourth-order valence-electron chi connectivity index (χ4n) is 2.04. The summed E-state index contributed by atoms with van der Waals surface area (Å²) in [5.41, 5.74) is 1.00. The van der Waals surface area contributed by atoms with Crippen molar-refractivity contribution in [1.82, 2.24) is 20.4 Å². The molecule has 0 amide bonds. The highest BCUT2D eigenvalue weighted by Gasteiger charge is 2.02. The highest BCUT2D eigenvalue weighted by molar-refractivity contribution is 9.10. The van der Waals surface area contributed by atoms with Crippen molar-refractivity contribution in [3.8, 4) is 0 Å². The molecular formula is C16H21BrClN5. The minimum absolute atomic E-state index is 0.542. The summed E-state index contributed by atoms with van der Waals surface area (Å²) in [4.78, 5) is 4.58. The van der Waals surface area contributed by atoms with E-state index in [9.17, 15) is 0 Å². The number of aryl methyl sites for hydroxylation is 1. The van der Waals surface area contributed by atoms with Crippen LogP contribution in [0.5, 0.6) is 0 Å². The largest absolute Gasteiger partial charge is 0.357 e. The molecular weight excluding hydrogens is 378 g/mol. The Labute approximate surface area is 150 Å². The quantitative estimate of drug-likeness (QED) is 0.427. The van der Waals surface area contributed by atoms with Gasteiger partial charge in [-0.1, -0.05) is 33.6 Å². The summed E-state index contributed by atoms with van der Waals surface area (Å²) in [6.07, 6.45) is 4.74. The minimum Gasteiger partial charge on any atom is -0.357 e. The number of nitrogens with one attached hydrogen (secondary N) is 2. The lowest BCUT2D eigenvalue weighted by atomic mass is 10.2. The molecule has 0 aliphatic rings. The van der Waals surface area contributed by atoms with E-state index in [4.69, 9.17) is 11.6 Å². The molecule has 0 aliphatic carbocycles. The molecule has 7 heteroatoms. The number of hydrogen-bond donors (Lipinski definition) is 2. The fraction of sp³-hybridized carbons (Fsp3) is 0.375. The van der Waals surface area contributed by atoms with Gasteiger partial charge in [0, 0.05) is 41.5 Å². The smallest absolute Gasteiger partial charge is 0.191 e.